The van der Waals surface area contributed by atoms with Gasteiger partial charge in [0.05, 0.1) is 0 Å². The van der Waals surface area contributed by atoms with E-state index in [0.717, 1.165) is 36.2 Å². The molecule has 0 atom stereocenters. The summed E-state index contributed by atoms with van der Waals surface area (Å²) in [5.74, 6) is -5.20. The van der Waals surface area contributed by atoms with E-state index in [1.54, 1.807) is 12.1 Å². The third-order valence-corrected chi connectivity index (χ3v) is 8.34. The first-order valence-corrected chi connectivity index (χ1v) is 13.1. The molecule has 0 amide bonds. The Hall–Kier alpha value is -1.06. The second-order valence-corrected chi connectivity index (χ2v) is 10.7. The minimum Gasteiger partial charge on any atom is -0.200 e. The van der Waals surface area contributed by atoms with Crippen molar-refractivity contribution >= 4 is 0 Å². The van der Waals surface area contributed by atoms with Crippen LogP contribution in [-0.4, -0.2) is 5.92 Å². The summed E-state index contributed by atoms with van der Waals surface area (Å²) in [7, 11) is 0. The van der Waals surface area contributed by atoms with Crippen molar-refractivity contribution in [3.8, 4) is 0 Å². The Bertz CT molecular complexity index is 660. The molecule has 0 heterocycles. The third-order valence-electron chi connectivity index (χ3n) is 8.34. The van der Waals surface area contributed by atoms with Crippen molar-refractivity contribution < 1.29 is 17.6 Å². The summed E-state index contributed by atoms with van der Waals surface area (Å²) >= 11 is 0. The highest BCUT2D eigenvalue weighted by Crippen LogP contribution is 2.46. The van der Waals surface area contributed by atoms with Gasteiger partial charge in [0.25, 0.3) is 0 Å². The van der Waals surface area contributed by atoms with E-state index in [9.17, 15) is 17.6 Å². The van der Waals surface area contributed by atoms with Gasteiger partial charge in [0.2, 0.25) is 0 Å². The van der Waals surface area contributed by atoms with Crippen molar-refractivity contribution in [2.75, 3.05) is 0 Å². The predicted molar refractivity (Wildman–Crippen MR) is 124 cm³/mol. The van der Waals surface area contributed by atoms with Crippen LogP contribution in [0.5, 0.6) is 0 Å². The zero-order valence-electron chi connectivity index (χ0n) is 20.0. The molecule has 1 aromatic rings. The van der Waals surface area contributed by atoms with Gasteiger partial charge in [-0.3, -0.25) is 0 Å². The molecule has 0 aliphatic heterocycles. The quantitative estimate of drug-likeness (QED) is 0.244. The van der Waals surface area contributed by atoms with E-state index in [1.807, 2.05) is 0 Å². The molecule has 3 rings (SSSR count). The molecular weight excluding hydrogens is 412 g/mol. The molecule has 2 aliphatic carbocycles. The molecule has 2 saturated carbocycles. The van der Waals surface area contributed by atoms with Crippen LogP contribution in [0.4, 0.5) is 17.6 Å². The van der Waals surface area contributed by atoms with Gasteiger partial charge in [-0.1, -0.05) is 82.6 Å². The number of unbranched alkanes of at least 4 members (excludes halogenated alkanes) is 4. The molecule has 2 aliphatic rings. The van der Waals surface area contributed by atoms with Crippen LogP contribution in [0.2, 0.25) is 0 Å². The van der Waals surface area contributed by atoms with Crippen LogP contribution < -0.4 is 0 Å². The third kappa shape index (κ3) is 6.50. The lowest BCUT2D eigenvalue weighted by atomic mass is 9.68. The Morgan fingerprint density at radius 3 is 1.78 bits per heavy atom. The van der Waals surface area contributed by atoms with Gasteiger partial charge >= 0.3 is 11.8 Å². The summed E-state index contributed by atoms with van der Waals surface area (Å²) in [6, 6.07) is 5.68. The lowest BCUT2D eigenvalue weighted by molar-refractivity contribution is -0.204. The molecule has 0 bridgehead atoms. The van der Waals surface area contributed by atoms with Gasteiger partial charge in [-0.15, -0.1) is 0 Å². The number of hydrogen-bond donors (Lipinski definition) is 0. The van der Waals surface area contributed by atoms with E-state index < -0.39 is 17.4 Å². The predicted octanol–water partition coefficient (Wildman–Crippen LogP) is 9.87. The second-order valence-electron chi connectivity index (χ2n) is 10.7. The van der Waals surface area contributed by atoms with Gasteiger partial charge < -0.3 is 0 Å². The van der Waals surface area contributed by atoms with Gasteiger partial charge in [-0.2, -0.15) is 17.6 Å². The Morgan fingerprint density at radius 1 is 0.719 bits per heavy atom. The molecule has 2 fully saturated rings. The number of hydrogen-bond acceptors (Lipinski definition) is 0. The minimum atomic E-state index is -4.13. The summed E-state index contributed by atoms with van der Waals surface area (Å²) in [6.07, 6.45) is 18.5. The molecule has 0 N–H and O–H groups in total. The van der Waals surface area contributed by atoms with E-state index in [-0.39, 0.29) is 6.92 Å². The summed E-state index contributed by atoms with van der Waals surface area (Å²) < 4.78 is 54.3. The van der Waals surface area contributed by atoms with E-state index in [4.69, 9.17) is 0 Å². The van der Waals surface area contributed by atoms with Crippen LogP contribution in [0, 0.1) is 17.8 Å². The van der Waals surface area contributed by atoms with Gasteiger partial charge in [0.1, 0.15) is 0 Å². The summed E-state index contributed by atoms with van der Waals surface area (Å²) in [4.78, 5) is 0. The highest BCUT2D eigenvalue weighted by atomic mass is 19.3. The minimum absolute atomic E-state index is 0.281. The van der Waals surface area contributed by atoms with E-state index in [0.29, 0.717) is 5.92 Å². The van der Waals surface area contributed by atoms with Crippen LogP contribution in [-0.2, 0) is 5.92 Å². The van der Waals surface area contributed by atoms with Crippen LogP contribution in [0.3, 0.4) is 0 Å². The molecule has 4 heteroatoms. The van der Waals surface area contributed by atoms with Crippen molar-refractivity contribution in [3.63, 3.8) is 0 Å². The number of rotatable bonds is 10. The fourth-order valence-corrected chi connectivity index (χ4v) is 6.13. The first-order chi connectivity index (χ1) is 15.2. The Labute approximate surface area is 192 Å². The maximum atomic E-state index is 13.9. The zero-order chi connectivity index (χ0) is 23.2. The van der Waals surface area contributed by atoms with Crippen LogP contribution in [0.1, 0.15) is 121 Å². The van der Waals surface area contributed by atoms with Crippen molar-refractivity contribution in [1.29, 1.82) is 0 Å². The smallest absolute Gasteiger partial charge is 0.200 e. The highest BCUT2D eigenvalue weighted by Gasteiger charge is 2.53. The molecule has 1 aromatic carbocycles. The maximum Gasteiger partial charge on any atom is 0.335 e. The van der Waals surface area contributed by atoms with E-state index in [2.05, 4.69) is 6.92 Å². The second kappa shape index (κ2) is 11.4. The van der Waals surface area contributed by atoms with Gasteiger partial charge in [-0.05, 0) is 67.8 Å². The van der Waals surface area contributed by atoms with Crippen LogP contribution in [0.25, 0.3) is 0 Å². The molecule has 182 valence electrons. The maximum absolute atomic E-state index is 13.9. The first-order valence-electron chi connectivity index (χ1n) is 13.1. The van der Waals surface area contributed by atoms with Gasteiger partial charge in [-0.25, -0.2) is 0 Å². The van der Waals surface area contributed by atoms with Crippen molar-refractivity contribution in [3.05, 3.63) is 35.4 Å². The van der Waals surface area contributed by atoms with Crippen molar-refractivity contribution in [2.24, 2.45) is 17.8 Å². The lowest BCUT2D eigenvalue weighted by Gasteiger charge is -2.38. The number of benzene rings is 1. The average Bonchev–Trinajstić information content (AvgIpc) is 2.79. The molecule has 0 aromatic heterocycles. The molecule has 0 saturated heterocycles. The molecule has 32 heavy (non-hydrogen) atoms. The van der Waals surface area contributed by atoms with E-state index in [1.165, 1.54) is 89.2 Å². The highest BCUT2D eigenvalue weighted by molar-refractivity contribution is 5.29. The van der Waals surface area contributed by atoms with Crippen LogP contribution >= 0.6 is 0 Å². The van der Waals surface area contributed by atoms with Crippen LogP contribution in [0.15, 0.2) is 24.3 Å². The topological polar surface area (TPSA) is 0 Å². The molecule has 0 spiro atoms. The fraction of sp³-hybridized carbons (Fsp3) is 0.786. The summed E-state index contributed by atoms with van der Waals surface area (Å²) in [5.41, 5.74) is 0.429. The van der Waals surface area contributed by atoms with E-state index >= 15 is 0 Å². The zero-order valence-corrected chi connectivity index (χ0v) is 20.0. The van der Waals surface area contributed by atoms with Gasteiger partial charge in [0, 0.05) is 12.5 Å². The molecule has 0 unspecified atom stereocenters. The largest absolute Gasteiger partial charge is 0.335 e. The Kier molecular flexibility index (Phi) is 9.09. The van der Waals surface area contributed by atoms with Gasteiger partial charge in [0.15, 0.2) is 0 Å². The number of alkyl halides is 4. The first kappa shape index (κ1) is 25.6. The SMILES string of the molecule is CCCCCCC[C@H]1CC[C@H](C2CCC(c3ccc(C(F)(F)C(C)(F)F)cc3)CC2)CC1. The Morgan fingerprint density at radius 2 is 1.25 bits per heavy atom. The summed E-state index contributed by atoms with van der Waals surface area (Å²) in [5, 5.41) is 0. The standard InChI is InChI=1S/C28H42F4/c1-3-4-5-6-7-8-21-9-11-22(12-10-21)23-13-15-24(16-14-23)25-17-19-26(20-18-25)28(31,32)27(2,29)30/h17-24H,3-16H2,1-2H3/t21-,22-,23?,24?. The lowest BCUT2D eigenvalue weighted by Crippen LogP contribution is -2.34. The van der Waals surface area contributed by atoms with Crippen molar-refractivity contribution in [2.45, 2.75) is 122 Å². The molecular formula is C28H42F4. The average molecular weight is 455 g/mol. The molecule has 0 nitrogen and oxygen atoms in total. The summed E-state index contributed by atoms with van der Waals surface area (Å²) in [6.45, 7) is 2.55. The normalized spacial score (nSPS) is 27.4. The fourth-order valence-electron chi connectivity index (χ4n) is 6.13. The monoisotopic (exact) mass is 454 g/mol. The Balaban J connectivity index is 1.41. The van der Waals surface area contributed by atoms with Crippen molar-refractivity contribution in [1.82, 2.24) is 0 Å². The molecule has 0 radical (unpaired) electrons. The number of halogens is 4.